The van der Waals surface area contributed by atoms with Crippen LogP contribution in [0.15, 0.2) is 0 Å². The molecule has 0 bridgehead atoms. The number of ether oxygens (including phenoxy) is 1. The zero-order valence-corrected chi connectivity index (χ0v) is 12.0. The van der Waals surface area contributed by atoms with E-state index in [1.807, 2.05) is 11.8 Å². The minimum atomic E-state index is -0.426. The second kappa shape index (κ2) is 5.50. The van der Waals surface area contributed by atoms with E-state index < -0.39 is 5.60 Å². The fraction of sp³-hybridized carbons (Fsp3) is 1.00. The van der Waals surface area contributed by atoms with Crippen molar-refractivity contribution in [3.05, 3.63) is 0 Å². The highest BCUT2D eigenvalue weighted by Crippen LogP contribution is 2.41. The fourth-order valence-electron chi connectivity index (χ4n) is 3.20. The zero-order valence-electron chi connectivity index (χ0n) is 11.2. The first-order chi connectivity index (χ1) is 7.99. The van der Waals surface area contributed by atoms with Crippen LogP contribution in [0, 0.1) is 5.41 Å². The zero-order chi connectivity index (χ0) is 12.4. The van der Waals surface area contributed by atoms with Gasteiger partial charge in [0.05, 0.1) is 11.7 Å². The van der Waals surface area contributed by atoms with Crippen LogP contribution in [0.3, 0.4) is 0 Å². The Labute approximate surface area is 110 Å². The molecule has 2 aliphatic rings. The third-order valence-electron chi connectivity index (χ3n) is 3.86. The van der Waals surface area contributed by atoms with E-state index in [1.165, 1.54) is 18.6 Å². The van der Waals surface area contributed by atoms with Crippen molar-refractivity contribution in [3.63, 3.8) is 0 Å². The number of thioether (sulfide) groups is 1. The molecule has 2 rings (SSSR count). The molecule has 2 atom stereocenters. The van der Waals surface area contributed by atoms with E-state index in [9.17, 15) is 5.11 Å². The molecular formula is C14H26O2S. The summed E-state index contributed by atoms with van der Waals surface area (Å²) in [5.41, 5.74) is -0.132. The molecule has 2 fully saturated rings. The number of hydrogen-bond acceptors (Lipinski definition) is 3. The molecule has 17 heavy (non-hydrogen) atoms. The van der Waals surface area contributed by atoms with Gasteiger partial charge in [-0.1, -0.05) is 13.8 Å². The van der Waals surface area contributed by atoms with E-state index in [0.717, 1.165) is 38.0 Å². The summed E-state index contributed by atoms with van der Waals surface area (Å²) in [4.78, 5) is 0. The lowest BCUT2D eigenvalue weighted by molar-refractivity contribution is 0.00588. The van der Waals surface area contributed by atoms with E-state index in [-0.39, 0.29) is 0 Å². The van der Waals surface area contributed by atoms with Crippen LogP contribution in [0.5, 0.6) is 0 Å². The van der Waals surface area contributed by atoms with Crippen LogP contribution < -0.4 is 0 Å². The summed E-state index contributed by atoms with van der Waals surface area (Å²) in [7, 11) is 0. The normalized spacial score (nSPS) is 37.2. The Morgan fingerprint density at radius 3 is 2.82 bits per heavy atom. The molecule has 0 radical (unpaired) electrons. The van der Waals surface area contributed by atoms with Crippen molar-refractivity contribution >= 4 is 11.8 Å². The van der Waals surface area contributed by atoms with Crippen molar-refractivity contribution in [1.82, 2.24) is 0 Å². The van der Waals surface area contributed by atoms with Crippen LogP contribution in [-0.2, 0) is 4.74 Å². The van der Waals surface area contributed by atoms with Gasteiger partial charge >= 0.3 is 0 Å². The molecule has 0 amide bonds. The van der Waals surface area contributed by atoms with Crippen LogP contribution in [0.25, 0.3) is 0 Å². The monoisotopic (exact) mass is 258 g/mol. The van der Waals surface area contributed by atoms with Crippen LogP contribution in [0.1, 0.15) is 52.4 Å². The van der Waals surface area contributed by atoms with Gasteiger partial charge in [-0.05, 0) is 49.7 Å². The second-order valence-corrected chi connectivity index (χ2v) is 7.57. The molecule has 2 aliphatic heterocycles. The van der Waals surface area contributed by atoms with Gasteiger partial charge in [-0.3, -0.25) is 0 Å². The Balaban J connectivity index is 1.73. The number of aliphatic hydroxyl groups is 1. The SMILES string of the molecule is CC1(C)CSCC(O)(CCCC2CCCO2)C1. The highest BCUT2D eigenvalue weighted by Gasteiger charge is 2.38. The maximum absolute atomic E-state index is 10.6. The molecule has 2 heterocycles. The minimum Gasteiger partial charge on any atom is -0.389 e. The fourth-order valence-corrected chi connectivity index (χ4v) is 4.58. The summed E-state index contributed by atoms with van der Waals surface area (Å²) in [6.07, 6.45) is 7.06. The molecule has 0 spiro atoms. The van der Waals surface area contributed by atoms with Gasteiger partial charge < -0.3 is 9.84 Å². The number of rotatable bonds is 4. The van der Waals surface area contributed by atoms with Crippen LogP contribution in [0.4, 0.5) is 0 Å². The molecule has 0 aliphatic carbocycles. The molecule has 2 saturated heterocycles. The average molecular weight is 258 g/mol. The summed E-state index contributed by atoms with van der Waals surface area (Å²) >= 11 is 1.91. The predicted molar refractivity (Wildman–Crippen MR) is 73.5 cm³/mol. The lowest BCUT2D eigenvalue weighted by atomic mass is 9.79. The topological polar surface area (TPSA) is 29.5 Å². The first kappa shape index (κ1) is 13.7. The molecule has 1 N–H and O–H groups in total. The Kier molecular flexibility index (Phi) is 4.43. The molecular weight excluding hydrogens is 232 g/mol. The second-order valence-electron chi connectivity index (χ2n) is 6.59. The van der Waals surface area contributed by atoms with Gasteiger partial charge in [0.15, 0.2) is 0 Å². The van der Waals surface area contributed by atoms with Gasteiger partial charge in [0, 0.05) is 12.4 Å². The van der Waals surface area contributed by atoms with Gasteiger partial charge in [0.1, 0.15) is 0 Å². The van der Waals surface area contributed by atoms with Gasteiger partial charge in [0.25, 0.3) is 0 Å². The van der Waals surface area contributed by atoms with Crippen LogP contribution in [-0.4, -0.2) is 34.9 Å². The molecule has 0 aromatic heterocycles. The highest BCUT2D eigenvalue weighted by atomic mass is 32.2. The Hall–Kier alpha value is 0.270. The van der Waals surface area contributed by atoms with E-state index in [4.69, 9.17) is 4.74 Å². The highest BCUT2D eigenvalue weighted by molar-refractivity contribution is 7.99. The van der Waals surface area contributed by atoms with E-state index in [0.29, 0.717) is 11.5 Å². The van der Waals surface area contributed by atoms with Crippen molar-refractivity contribution in [3.8, 4) is 0 Å². The van der Waals surface area contributed by atoms with E-state index in [1.54, 1.807) is 0 Å². The van der Waals surface area contributed by atoms with Gasteiger partial charge in [-0.25, -0.2) is 0 Å². The quantitative estimate of drug-likeness (QED) is 0.839. The Morgan fingerprint density at radius 1 is 1.35 bits per heavy atom. The smallest absolute Gasteiger partial charge is 0.0743 e. The Bertz CT molecular complexity index is 249. The first-order valence-corrected chi connectivity index (χ1v) is 8.06. The van der Waals surface area contributed by atoms with Crippen molar-refractivity contribution < 1.29 is 9.84 Å². The lowest BCUT2D eigenvalue weighted by Crippen LogP contribution is -2.42. The summed E-state index contributed by atoms with van der Waals surface area (Å²) in [6, 6.07) is 0. The summed E-state index contributed by atoms with van der Waals surface area (Å²) in [5.74, 6) is 2.10. The molecule has 2 nitrogen and oxygen atoms in total. The third kappa shape index (κ3) is 4.15. The lowest BCUT2D eigenvalue weighted by Gasteiger charge is -2.41. The van der Waals surface area contributed by atoms with Crippen molar-refractivity contribution in [2.24, 2.45) is 5.41 Å². The summed E-state index contributed by atoms with van der Waals surface area (Å²) < 4.78 is 5.63. The predicted octanol–water partition coefficient (Wildman–Crippen LogP) is 3.23. The maximum Gasteiger partial charge on any atom is 0.0743 e. The summed E-state index contributed by atoms with van der Waals surface area (Å²) in [6.45, 7) is 5.48. The van der Waals surface area contributed by atoms with Gasteiger partial charge in [-0.2, -0.15) is 11.8 Å². The molecule has 2 unspecified atom stereocenters. The van der Waals surface area contributed by atoms with Crippen LogP contribution in [0.2, 0.25) is 0 Å². The molecule has 3 heteroatoms. The average Bonchev–Trinajstić information content (AvgIpc) is 2.68. The largest absolute Gasteiger partial charge is 0.389 e. The van der Waals surface area contributed by atoms with Crippen LogP contribution >= 0.6 is 11.8 Å². The maximum atomic E-state index is 10.6. The Morgan fingerprint density at radius 2 is 2.18 bits per heavy atom. The minimum absolute atomic E-state index is 0.293. The van der Waals surface area contributed by atoms with Crippen molar-refractivity contribution in [1.29, 1.82) is 0 Å². The first-order valence-electron chi connectivity index (χ1n) is 6.91. The third-order valence-corrected chi connectivity index (χ3v) is 5.59. The number of hydrogen-bond donors (Lipinski definition) is 1. The summed E-state index contributed by atoms with van der Waals surface area (Å²) in [5, 5.41) is 10.6. The van der Waals surface area contributed by atoms with Gasteiger partial charge in [0.2, 0.25) is 0 Å². The molecule has 0 aromatic carbocycles. The van der Waals surface area contributed by atoms with E-state index in [2.05, 4.69) is 13.8 Å². The van der Waals surface area contributed by atoms with Gasteiger partial charge in [-0.15, -0.1) is 0 Å². The van der Waals surface area contributed by atoms with E-state index >= 15 is 0 Å². The molecule has 0 aromatic rings. The molecule has 0 saturated carbocycles. The van der Waals surface area contributed by atoms with Crippen molar-refractivity contribution in [2.45, 2.75) is 64.1 Å². The van der Waals surface area contributed by atoms with Crippen molar-refractivity contribution in [2.75, 3.05) is 18.1 Å². The standard InChI is InChI=1S/C14H26O2S/c1-13(2)9-14(15,11-17-10-13)7-3-5-12-6-4-8-16-12/h12,15H,3-11H2,1-2H3. The molecule has 100 valence electrons.